The van der Waals surface area contributed by atoms with E-state index in [1.807, 2.05) is 0 Å². The van der Waals surface area contributed by atoms with Gasteiger partial charge in [0.1, 0.15) is 5.76 Å². The summed E-state index contributed by atoms with van der Waals surface area (Å²) in [6.45, 7) is 2.07. The molecule has 0 aliphatic heterocycles. The van der Waals surface area contributed by atoms with Crippen LogP contribution in [0.2, 0.25) is 0 Å². The Morgan fingerprint density at radius 2 is 2.05 bits per heavy atom. The zero-order chi connectivity index (χ0) is 16.3. The van der Waals surface area contributed by atoms with Crippen molar-refractivity contribution in [3.63, 3.8) is 0 Å². The molecule has 0 radical (unpaired) electrons. The van der Waals surface area contributed by atoms with E-state index in [4.69, 9.17) is 4.42 Å². The molecular weight excluding hydrogens is 304 g/mol. The van der Waals surface area contributed by atoms with E-state index in [2.05, 4.69) is 5.32 Å². The lowest BCUT2D eigenvalue weighted by molar-refractivity contribution is 0.0948. The molecule has 0 saturated heterocycles. The van der Waals surface area contributed by atoms with Gasteiger partial charge in [-0.25, -0.2) is 8.42 Å². The lowest BCUT2D eigenvalue weighted by Crippen LogP contribution is -2.26. The van der Waals surface area contributed by atoms with Gasteiger partial charge in [-0.3, -0.25) is 9.10 Å². The van der Waals surface area contributed by atoms with Crippen LogP contribution in [-0.2, 0) is 16.6 Å². The van der Waals surface area contributed by atoms with Crippen LogP contribution < -0.4 is 9.62 Å². The van der Waals surface area contributed by atoms with E-state index < -0.39 is 10.0 Å². The van der Waals surface area contributed by atoms with Crippen LogP contribution in [0.25, 0.3) is 0 Å². The van der Waals surface area contributed by atoms with Crippen molar-refractivity contribution >= 4 is 21.6 Å². The molecule has 2 aromatic rings. The Morgan fingerprint density at radius 3 is 2.59 bits per heavy atom. The molecule has 0 aliphatic carbocycles. The number of hydrogen-bond acceptors (Lipinski definition) is 4. The van der Waals surface area contributed by atoms with Crippen molar-refractivity contribution < 1.29 is 17.6 Å². The van der Waals surface area contributed by atoms with Crippen molar-refractivity contribution in [2.75, 3.05) is 17.6 Å². The Morgan fingerprint density at radius 1 is 1.32 bits per heavy atom. The van der Waals surface area contributed by atoms with Gasteiger partial charge in [-0.05, 0) is 42.8 Å². The molecule has 1 heterocycles. The Labute approximate surface area is 129 Å². The fourth-order valence-corrected chi connectivity index (χ4v) is 2.57. The average molecular weight is 322 g/mol. The van der Waals surface area contributed by atoms with E-state index in [0.29, 0.717) is 29.1 Å². The van der Waals surface area contributed by atoms with Crippen molar-refractivity contribution in [1.29, 1.82) is 0 Å². The number of hydrogen-bond donors (Lipinski definition) is 1. The second kappa shape index (κ2) is 6.23. The molecule has 118 valence electrons. The highest BCUT2D eigenvalue weighted by Gasteiger charge is 2.15. The first-order valence-electron chi connectivity index (χ1n) is 6.64. The first-order valence-corrected chi connectivity index (χ1v) is 8.49. The summed E-state index contributed by atoms with van der Waals surface area (Å²) in [5, 5.41) is 2.74. The number of nitrogens with zero attached hydrogens (tertiary/aromatic N) is 1. The number of carbonyl (C=O) groups excluding carboxylic acids is 1. The van der Waals surface area contributed by atoms with Gasteiger partial charge in [0, 0.05) is 12.6 Å². The van der Waals surface area contributed by atoms with Crippen molar-refractivity contribution in [2.24, 2.45) is 0 Å². The number of carbonyl (C=O) groups is 1. The number of aryl methyl sites for hydroxylation is 1. The Hall–Kier alpha value is -2.28. The monoisotopic (exact) mass is 322 g/mol. The number of benzene rings is 1. The van der Waals surface area contributed by atoms with Crippen LogP contribution in [0.1, 0.15) is 21.7 Å². The molecule has 1 aromatic heterocycles. The number of amides is 1. The molecule has 1 amide bonds. The first kappa shape index (κ1) is 16.1. The molecule has 0 fully saturated rings. The van der Waals surface area contributed by atoms with Crippen molar-refractivity contribution in [1.82, 2.24) is 5.32 Å². The minimum Gasteiger partial charge on any atom is -0.467 e. The number of anilines is 1. The molecule has 0 spiro atoms. The Kier molecular flexibility index (Phi) is 4.56. The summed E-state index contributed by atoms with van der Waals surface area (Å²) in [4.78, 5) is 12.1. The lowest BCUT2D eigenvalue weighted by Gasteiger charge is -2.19. The third-order valence-electron chi connectivity index (χ3n) is 3.30. The van der Waals surface area contributed by atoms with E-state index >= 15 is 0 Å². The lowest BCUT2D eigenvalue weighted by atomic mass is 10.1. The summed E-state index contributed by atoms with van der Waals surface area (Å²) >= 11 is 0. The Bertz CT molecular complexity index is 767. The van der Waals surface area contributed by atoms with Crippen LogP contribution >= 0.6 is 0 Å². The summed E-state index contributed by atoms with van der Waals surface area (Å²) in [6, 6.07) is 8.41. The SMILES string of the molecule is Cc1cc(C(=O)NCc2ccco2)ccc1N(C)S(C)(=O)=O. The Balaban J connectivity index is 2.13. The molecule has 0 bridgehead atoms. The van der Waals surface area contributed by atoms with Crippen molar-refractivity contribution in [2.45, 2.75) is 13.5 Å². The van der Waals surface area contributed by atoms with Crippen LogP contribution in [0, 0.1) is 6.92 Å². The first-order chi connectivity index (χ1) is 10.3. The predicted octanol–water partition coefficient (Wildman–Crippen LogP) is 1.91. The highest BCUT2D eigenvalue weighted by Crippen LogP contribution is 2.22. The zero-order valence-corrected chi connectivity index (χ0v) is 13.5. The van der Waals surface area contributed by atoms with Gasteiger partial charge in [-0.2, -0.15) is 0 Å². The maximum Gasteiger partial charge on any atom is 0.251 e. The molecule has 0 saturated carbocycles. The van der Waals surface area contributed by atoms with Crippen LogP contribution in [-0.4, -0.2) is 27.6 Å². The number of furan rings is 1. The van der Waals surface area contributed by atoms with Gasteiger partial charge in [-0.1, -0.05) is 0 Å². The van der Waals surface area contributed by atoms with E-state index in [9.17, 15) is 13.2 Å². The van der Waals surface area contributed by atoms with Gasteiger partial charge in [0.2, 0.25) is 10.0 Å². The van der Waals surface area contributed by atoms with E-state index in [-0.39, 0.29) is 5.91 Å². The highest BCUT2D eigenvalue weighted by atomic mass is 32.2. The maximum atomic E-state index is 12.1. The van der Waals surface area contributed by atoms with Gasteiger partial charge < -0.3 is 9.73 Å². The summed E-state index contributed by atoms with van der Waals surface area (Å²) < 4.78 is 29.5. The number of nitrogens with one attached hydrogen (secondary N) is 1. The summed E-state index contributed by atoms with van der Waals surface area (Å²) in [6.07, 6.45) is 2.68. The van der Waals surface area contributed by atoms with Gasteiger partial charge in [0.15, 0.2) is 0 Å². The molecular formula is C15H18N2O4S. The van der Waals surface area contributed by atoms with Crippen LogP contribution in [0.3, 0.4) is 0 Å². The molecule has 22 heavy (non-hydrogen) atoms. The molecule has 1 N–H and O–H groups in total. The highest BCUT2D eigenvalue weighted by molar-refractivity contribution is 7.92. The van der Waals surface area contributed by atoms with Crippen molar-refractivity contribution in [3.05, 3.63) is 53.5 Å². The van der Waals surface area contributed by atoms with Crippen LogP contribution in [0.5, 0.6) is 0 Å². The summed E-state index contributed by atoms with van der Waals surface area (Å²) in [7, 11) is -1.85. The molecule has 2 rings (SSSR count). The van der Waals surface area contributed by atoms with Crippen LogP contribution in [0.15, 0.2) is 41.0 Å². The molecule has 6 nitrogen and oxygen atoms in total. The smallest absolute Gasteiger partial charge is 0.251 e. The number of rotatable bonds is 5. The molecule has 0 unspecified atom stereocenters. The molecule has 0 aliphatic rings. The van der Waals surface area contributed by atoms with E-state index in [1.165, 1.54) is 11.4 Å². The largest absolute Gasteiger partial charge is 0.467 e. The average Bonchev–Trinajstić information content (AvgIpc) is 2.96. The second-order valence-corrected chi connectivity index (χ2v) is 7.01. The molecule has 0 atom stereocenters. The zero-order valence-electron chi connectivity index (χ0n) is 12.7. The summed E-state index contributed by atoms with van der Waals surface area (Å²) in [5.41, 5.74) is 1.72. The summed E-state index contributed by atoms with van der Waals surface area (Å²) in [5.74, 6) is 0.423. The number of sulfonamides is 1. The second-order valence-electron chi connectivity index (χ2n) is 4.99. The van der Waals surface area contributed by atoms with Crippen molar-refractivity contribution in [3.8, 4) is 0 Å². The normalized spacial score (nSPS) is 11.2. The minimum atomic E-state index is -3.33. The van der Waals surface area contributed by atoms with Gasteiger partial charge >= 0.3 is 0 Å². The molecule has 1 aromatic carbocycles. The van der Waals surface area contributed by atoms with Gasteiger partial charge in [0.25, 0.3) is 5.91 Å². The minimum absolute atomic E-state index is 0.243. The standard InChI is InChI=1S/C15H18N2O4S/c1-11-9-12(6-7-14(11)17(2)22(3,19)20)15(18)16-10-13-5-4-8-21-13/h4-9H,10H2,1-3H3,(H,16,18). The maximum absolute atomic E-state index is 12.1. The predicted molar refractivity (Wildman–Crippen MR) is 84.3 cm³/mol. The fourth-order valence-electron chi connectivity index (χ4n) is 2.01. The topological polar surface area (TPSA) is 79.6 Å². The van der Waals surface area contributed by atoms with Crippen LogP contribution in [0.4, 0.5) is 5.69 Å². The van der Waals surface area contributed by atoms with E-state index in [1.54, 1.807) is 43.5 Å². The van der Waals surface area contributed by atoms with Gasteiger partial charge in [-0.15, -0.1) is 0 Å². The quantitative estimate of drug-likeness (QED) is 0.912. The third kappa shape index (κ3) is 3.67. The van der Waals surface area contributed by atoms with Gasteiger partial charge in [0.05, 0.1) is 24.8 Å². The molecule has 7 heteroatoms. The fraction of sp³-hybridized carbons (Fsp3) is 0.267. The van der Waals surface area contributed by atoms with E-state index in [0.717, 1.165) is 6.26 Å². The third-order valence-corrected chi connectivity index (χ3v) is 4.49.